The van der Waals surface area contributed by atoms with Crippen molar-refractivity contribution in [2.75, 3.05) is 39.8 Å². The third kappa shape index (κ3) is 4.23. The van der Waals surface area contributed by atoms with E-state index in [2.05, 4.69) is 4.90 Å². The molecule has 1 aliphatic rings. The van der Waals surface area contributed by atoms with Crippen LogP contribution >= 0.6 is 0 Å². The van der Waals surface area contributed by atoms with Crippen molar-refractivity contribution in [3.8, 4) is 5.75 Å². The van der Waals surface area contributed by atoms with Crippen LogP contribution in [-0.2, 0) is 4.79 Å². The topological polar surface area (TPSA) is 32.8 Å². The van der Waals surface area contributed by atoms with E-state index < -0.39 is 0 Å². The Morgan fingerprint density at radius 1 is 1.30 bits per heavy atom. The minimum atomic E-state index is 0.0347. The lowest BCUT2D eigenvalue weighted by atomic mass is 10.2. The van der Waals surface area contributed by atoms with Gasteiger partial charge in [0.2, 0.25) is 0 Å². The first-order chi connectivity index (χ1) is 9.66. The summed E-state index contributed by atoms with van der Waals surface area (Å²) in [6.07, 6.45) is 2.57. The van der Waals surface area contributed by atoms with Crippen molar-refractivity contribution < 1.29 is 9.53 Å². The fraction of sp³-hybridized carbons (Fsp3) is 0.562. The van der Waals surface area contributed by atoms with Crippen LogP contribution in [0.25, 0.3) is 0 Å². The highest BCUT2D eigenvalue weighted by molar-refractivity contribution is 5.77. The molecule has 4 nitrogen and oxygen atoms in total. The van der Waals surface area contributed by atoms with Crippen molar-refractivity contribution in [1.29, 1.82) is 0 Å². The highest BCUT2D eigenvalue weighted by atomic mass is 16.5. The van der Waals surface area contributed by atoms with E-state index in [1.54, 1.807) is 4.90 Å². The van der Waals surface area contributed by atoms with Crippen molar-refractivity contribution in [2.45, 2.75) is 19.8 Å². The number of rotatable bonds is 6. The number of hydrogen-bond donors (Lipinski definition) is 0. The molecule has 0 spiro atoms. The Hall–Kier alpha value is -1.55. The van der Waals surface area contributed by atoms with Gasteiger partial charge < -0.3 is 14.5 Å². The highest BCUT2D eigenvalue weighted by Crippen LogP contribution is 2.16. The van der Waals surface area contributed by atoms with Crippen molar-refractivity contribution in [3.05, 3.63) is 29.8 Å². The number of amides is 1. The number of nitrogens with zero attached hydrogens (tertiary/aromatic N) is 2. The van der Waals surface area contributed by atoms with Gasteiger partial charge in [0.05, 0.1) is 0 Å². The van der Waals surface area contributed by atoms with E-state index in [1.165, 1.54) is 25.9 Å². The van der Waals surface area contributed by atoms with Crippen LogP contribution in [0.1, 0.15) is 18.4 Å². The molecule has 0 N–H and O–H groups in total. The molecule has 1 fully saturated rings. The van der Waals surface area contributed by atoms with Gasteiger partial charge in [0, 0.05) is 20.1 Å². The molecule has 1 saturated heterocycles. The molecule has 110 valence electrons. The molecule has 0 unspecified atom stereocenters. The molecule has 0 aromatic heterocycles. The predicted octanol–water partition coefficient (Wildman–Crippen LogP) is 1.93. The largest absolute Gasteiger partial charge is 0.484 e. The van der Waals surface area contributed by atoms with Crippen LogP contribution in [0.3, 0.4) is 0 Å². The molecule has 0 saturated carbocycles. The molecule has 20 heavy (non-hydrogen) atoms. The van der Waals surface area contributed by atoms with E-state index >= 15 is 0 Å². The van der Waals surface area contributed by atoms with Gasteiger partial charge in [-0.15, -0.1) is 0 Å². The summed E-state index contributed by atoms with van der Waals surface area (Å²) < 4.78 is 5.59. The zero-order chi connectivity index (χ0) is 14.4. The minimum Gasteiger partial charge on any atom is -0.484 e. The van der Waals surface area contributed by atoms with Gasteiger partial charge in [-0.25, -0.2) is 0 Å². The number of para-hydroxylation sites is 1. The fourth-order valence-corrected chi connectivity index (χ4v) is 2.39. The molecule has 0 bridgehead atoms. The van der Waals surface area contributed by atoms with Gasteiger partial charge in [-0.05, 0) is 44.5 Å². The Bertz CT molecular complexity index is 442. The number of benzene rings is 1. The fourth-order valence-electron chi connectivity index (χ4n) is 2.39. The number of aryl methyl sites for hydroxylation is 1. The average Bonchev–Trinajstić information content (AvgIpc) is 2.97. The van der Waals surface area contributed by atoms with Gasteiger partial charge in [0.15, 0.2) is 6.61 Å². The maximum absolute atomic E-state index is 12.0. The summed E-state index contributed by atoms with van der Waals surface area (Å²) in [5.41, 5.74) is 1.06. The van der Waals surface area contributed by atoms with Crippen molar-refractivity contribution in [1.82, 2.24) is 9.80 Å². The Kier molecular flexibility index (Phi) is 5.41. The van der Waals surface area contributed by atoms with Crippen molar-refractivity contribution in [3.63, 3.8) is 0 Å². The number of likely N-dealkylation sites (tertiary alicyclic amines) is 1. The standard InChI is InChI=1S/C16H24N2O2/c1-14-7-3-4-8-15(14)20-13-16(19)17(2)11-12-18-9-5-6-10-18/h3-4,7-8H,5-6,9-13H2,1-2H3. The summed E-state index contributed by atoms with van der Waals surface area (Å²) in [6.45, 7) is 6.17. The molecule has 0 radical (unpaired) electrons. The molecule has 1 heterocycles. The second-order valence-corrected chi connectivity index (χ2v) is 5.42. The molecule has 0 aliphatic carbocycles. The van der Waals surface area contributed by atoms with E-state index in [0.29, 0.717) is 0 Å². The lowest BCUT2D eigenvalue weighted by molar-refractivity contribution is -0.132. The van der Waals surface area contributed by atoms with Crippen LogP contribution in [0, 0.1) is 6.92 Å². The van der Waals surface area contributed by atoms with Gasteiger partial charge >= 0.3 is 0 Å². The summed E-state index contributed by atoms with van der Waals surface area (Å²) in [5.74, 6) is 0.821. The smallest absolute Gasteiger partial charge is 0.260 e. The molecular weight excluding hydrogens is 252 g/mol. The third-order valence-electron chi connectivity index (χ3n) is 3.82. The normalized spacial score (nSPS) is 15.3. The van der Waals surface area contributed by atoms with E-state index in [1.807, 2.05) is 38.2 Å². The molecule has 2 rings (SSSR count). The third-order valence-corrected chi connectivity index (χ3v) is 3.82. The van der Waals surface area contributed by atoms with Crippen molar-refractivity contribution >= 4 is 5.91 Å². The Balaban J connectivity index is 1.72. The quantitative estimate of drug-likeness (QED) is 0.796. The number of carbonyl (C=O) groups is 1. The molecule has 1 amide bonds. The number of hydrogen-bond acceptors (Lipinski definition) is 3. The molecule has 1 aromatic carbocycles. The zero-order valence-corrected chi connectivity index (χ0v) is 12.5. The van der Waals surface area contributed by atoms with Crippen molar-refractivity contribution in [2.24, 2.45) is 0 Å². The number of carbonyl (C=O) groups excluding carboxylic acids is 1. The first-order valence-electron chi connectivity index (χ1n) is 7.31. The summed E-state index contributed by atoms with van der Waals surface area (Å²) in [4.78, 5) is 16.2. The lowest BCUT2D eigenvalue weighted by Crippen LogP contribution is -2.37. The second kappa shape index (κ2) is 7.29. The van der Waals surface area contributed by atoms with E-state index in [9.17, 15) is 4.79 Å². The molecule has 0 atom stereocenters. The maximum atomic E-state index is 12.0. The molecule has 1 aromatic rings. The van der Waals surface area contributed by atoms with Crippen LogP contribution in [0.5, 0.6) is 5.75 Å². The average molecular weight is 276 g/mol. The van der Waals surface area contributed by atoms with Gasteiger partial charge in [-0.3, -0.25) is 4.79 Å². The molecule has 4 heteroatoms. The van der Waals surface area contributed by atoms with Crippen LogP contribution in [0.15, 0.2) is 24.3 Å². The van der Waals surface area contributed by atoms with Crippen LogP contribution in [0.2, 0.25) is 0 Å². The predicted molar refractivity (Wildman–Crippen MR) is 80.0 cm³/mol. The monoisotopic (exact) mass is 276 g/mol. The summed E-state index contributed by atoms with van der Waals surface area (Å²) in [7, 11) is 1.85. The van der Waals surface area contributed by atoms with E-state index in [-0.39, 0.29) is 12.5 Å². The summed E-state index contributed by atoms with van der Waals surface area (Å²) >= 11 is 0. The van der Waals surface area contributed by atoms with Gasteiger partial charge in [0.25, 0.3) is 5.91 Å². The Morgan fingerprint density at radius 3 is 2.70 bits per heavy atom. The van der Waals surface area contributed by atoms with Crippen LogP contribution < -0.4 is 4.74 Å². The SMILES string of the molecule is Cc1ccccc1OCC(=O)N(C)CCN1CCCC1. The zero-order valence-electron chi connectivity index (χ0n) is 12.5. The van der Waals surface area contributed by atoms with Crippen LogP contribution in [-0.4, -0.2) is 55.5 Å². The van der Waals surface area contributed by atoms with E-state index in [4.69, 9.17) is 4.74 Å². The number of ether oxygens (including phenoxy) is 1. The molecular formula is C16H24N2O2. The second-order valence-electron chi connectivity index (χ2n) is 5.42. The lowest BCUT2D eigenvalue weighted by Gasteiger charge is -2.21. The van der Waals surface area contributed by atoms with E-state index in [0.717, 1.165) is 24.4 Å². The summed E-state index contributed by atoms with van der Waals surface area (Å²) in [5, 5.41) is 0. The van der Waals surface area contributed by atoms with Crippen LogP contribution in [0.4, 0.5) is 0 Å². The Morgan fingerprint density at radius 2 is 2.00 bits per heavy atom. The maximum Gasteiger partial charge on any atom is 0.260 e. The highest BCUT2D eigenvalue weighted by Gasteiger charge is 2.14. The van der Waals surface area contributed by atoms with Gasteiger partial charge in [0.1, 0.15) is 5.75 Å². The Labute approximate surface area is 121 Å². The minimum absolute atomic E-state index is 0.0347. The molecule has 1 aliphatic heterocycles. The first kappa shape index (κ1) is 14.9. The van der Waals surface area contributed by atoms with Gasteiger partial charge in [-0.2, -0.15) is 0 Å². The first-order valence-corrected chi connectivity index (χ1v) is 7.31. The van der Waals surface area contributed by atoms with Gasteiger partial charge in [-0.1, -0.05) is 18.2 Å². The number of likely N-dealkylation sites (N-methyl/N-ethyl adjacent to an activating group) is 1. The summed E-state index contributed by atoms with van der Waals surface area (Å²) in [6, 6.07) is 7.76.